The van der Waals surface area contributed by atoms with Gasteiger partial charge in [0.2, 0.25) is 15.9 Å². The van der Waals surface area contributed by atoms with E-state index >= 15 is 0 Å². The van der Waals surface area contributed by atoms with Gasteiger partial charge < -0.3 is 9.64 Å². The number of likely N-dealkylation sites (tertiary alicyclic amines) is 1. The maximum Gasteiger partial charge on any atom is 0.243 e. The van der Waals surface area contributed by atoms with Gasteiger partial charge in [-0.3, -0.25) is 9.10 Å². The summed E-state index contributed by atoms with van der Waals surface area (Å²) >= 11 is 6.15. The number of rotatable bonds is 7. The van der Waals surface area contributed by atoms with Crippen LogP contribution in [0.2, 0.25) is 5.02 Å². The number of amides is 1. The zero-order valence-electron chi connectivity index (χ0n) is 17.3. The fourth-order valence-corrected chi connectivity index (χ4v) is 4.86. The van der Waals surface area contributed by atoms with Gasteiger partial charge in [-0.25, -0.2) is 8.42 Å². The summed E-state index contributed by atoms with van der Waals surface area (Å²) in [7, 11) is -2.17. The minimum absolute atomic E-state index is 0.203. The van der Waals surface area contributed by atoms with Gasteiger partial charge in [-0.05, 0) is 48.9 Å². The van der Waals surface area contributed by atoms with E-state index in [4.69, 9.17) is 16.3 Å². The van der Waals surface area contributed by atoms with Gasteiger partial charge in [0.15, 0.2) is 0 Å². The Hall–Kier alpha value is -2.25. The van der Waals surface area contributed by atoms with Gasteiger partial charge in [0.25, 0.3) is 0 Å². The topological polar surface area (TPSA) is 66.9 Å². The number of carbonyl (C=O) groups excluding carboxylic acids is 1. The lowest BCUT2D eigenvalue weighted by Crippen LogP contribution is -2.45. The molecule has 1 saturated heterocycles. The second kappa shape index (κ2) is 9.71. The van der Waals surface area contributed by atoms with Crippen LogP contribution in [0.25, 0.3) is 0 Å². The van der Waals surface area contributed by atoms with Crippen molar-refractivity contribution in [3.63, 3.8) is 0 Å². The van der Waals surface area contributed by atoms with Gasteiger partial charge in [0.1, 0.15) is 12.3 Å². The minimum Gasteiger partial charge on any atom is -0.495 e. The molecule has 0 unspecified atom stereocenters. The smallest absolute Gasteiger partial charge is 0.243 e. The molecule has 2 aromatic carbocycles. The Labute approximate surface area is 183 Å². The van der Waals surface area contributed by atoms with Crippen LogP contribution in [0.15, 0.2) is 48.5 Å². The fourth-order valence-electron chi connectivity index (χ4n) is 3.77. The number of hydrogen-bond acceptors (Lipinski definition) is 4. The zero-order chi connectivity index (χ0) is 21.7. The summed E-state index contributed by atoms with van der Waals surface area (Å²) in [6, 6.07) is 15.0. The molecule has 1 fully saturated rings. The highest BCUT2D eigenvalue weighted by Gasteiger charge is 2.27. The van der Waals surface area contributed by atoms with Crippen molar-refractivity contribution in [2.24, 2.45) is 5.92 Å². The molecule has 0 radical (unpaired) electrons. The Morgan fingerprint density at radius 3 is 2.40 bits per heavy atom. The van der Waals surface area contributed by atoms with Crippen LogP contribution in [0.3, 0.4) is 0 Å². The number of benzene rings is 2. The van der Waals surface area contributed by atoms with E-state index in [-0.39, 0.29) is 17.5 Å². The molecule has 0 N–H and O–H groups in total. The number of piperidine rings is 1. The van der Waals surface area contributed by atoms with Crippen molar-refractivity contribution >= 4 is 33.2 Å². The first-order valence-electron chi connectivity index (χ1n) is 9.91. The average Bonchev–Trinajstić information content (AvgIpc) is 2.72. The Bertz CT molecular complexity index is 974. The number of anilines is 1. The summed E-state index contributed by atoms with van der Waals surface area (Å²) < 4.78 is 30.9. The second-order valence-corrected chi connectivity index (χ2v) is 9.92. The van der Waals surface area contributed by atoms with E-state index in [9.17, 15) is 13.2 Å². The molecule has 0 saturated carbocycles. The number of ether oxygens (including phenoxy) is 1. The lowest BCUT2D eigenvalue weighted by Gasteiger charge is -2.33. The summed E-state index contributed by atoms with van der Waals surface area (Å²) in [5, 5.41) is 0.290. The average molecular weight is 451 g/mol. The summed E-state index contributed by atoms with van der Waals surface area (Å²) in [5.41, 5.74) is 1.65. The van der Waals surface area contributed by atoms with E-state index in [1.54, 1.807) is 17.0 Å². The highest BCUT2D eigenvalue weighted by Crippen LogP contribution is 2.30. The van der Waals surface area contributed by atoms with Crippen LogP contribution in [0.4, 0.5) is 5.69 Å². The molecular formula is C22H27ClN2O4S. The molecule has 1 aliphatic rings. The van der Waals surface area contributed by atoms with Crippen LogP contribution in [-0.2, 0) is 21.2 Å². The highest BCUT2D eigenvalue weighted by atomic mass is 35.5. The van der Waals surface area contributed by atoms with Crippen molar-refractivity contribution in [2.75, 3.05) is 37.3 Å². The summed E-state index contributed by atoms with van der Waals surface area (Å²) in [6.07, 6.45) is 3.91. The van der Waals surface area contributed by atoms with Gasteiger partial charge in [-0.1, -0.05) is 41.9 Å². The van der Waals surface area contributed by atoms with Gasteiger partial charge in [0.05, 0.1) is 24.1 Å². The zero-order valence-corrected chi connectivity index (χ0v) is 18.8. The monoisotopic (exact) mass is 450 g/mol. The third-order valence-electron chi connectivity index (χ3n) is 5.44. The Kier molecular flexibility index (Phi) is 7.26. The van der Waals surface area contributed by atoms with E-state index in [0.717, 1.165) is 29.8 Å². The van der Waals surface area contributed by atoms with Crippen LogP contribution in [0.5, 0.6) is 5.75 Å². The number of nitrogens with zero attached hydrogens (tertiary/aromatic N) is 2. The highest BCUT2D eigenvalue weighted by molar-refractivity contribution is 7.92. The van der Waals surface area contributed by atoms with E-state index in [1.807, 2.05) is 18.2 Å². The van der Waals surface area contributed by atoms with Crippen LogP contribution >= 0.6 is 11.6 Å². The largest absolute Gasteiger partial charge is 0.495 e. The van der Waals surface area contributed by atoms with E-state index < -0.39 is 10.0 Å². The molecule has 3 rings (SSSR count). The predicted molar refractivity (Wildman–Crippen MR) is 120 cm³/mol. The van der Waals surface area contributed by atoms with Crippen LogP contribution in [-0.4, -0.2) is 52.2 Å². The number of halogens is 1. The van der Waals surface area contributed by atoms with Gasteiger partial charge in [-0.15, -0.1) is 0 Å². The molecule has 8 heteroatoms. The first-order valence-corrected chi connectivity index (χ1v) is 12.1. The SMILES string of the molecule is COc1ccc(N(CC(=O)N2CCC(Cc3ccccc3)CC2)S(C)(=O)=O)cc1Cl. The number of carbonyl (C=O) groups is 1. The Morgan fingerprint density at radius 1 is 1.17 bits per heavy atom. The van der Waals surface area contributed by atoms with Crippen molar-refractivity contribution in [1.29, 1.82) is 0 Å². The maximum absolute atomic E-state index is 12.9. The van der Waals surface area contributed by atoms with Gasteiger partial charge in [-0.2, -0.15) is 0 Å². The Morgan fingerprint density at radius 2 is 1.83 bits per heavy atom. The summed E-state index contributed by atoms with van der Waals surface area (Å²) in [5.74, 6) is 0.772. The molecule has 1 aliphatic heterocycles. The molecule has 1 heterocycles. The predicted octanol–water partition coefficient (Wildman–Crippen LogP) is 3.60. The molecular weight excluding hydrogens is 424 g/mol. The molecule has 30 heavy (non-hydrogen) atoms. The third-order valence-corrected chi connectivity index (χ3v) is 6.87. The van der Waals surface area contributed by atoms with Crippen LogP contribution in [0, 0.1) is 5.92 Å². The molecule has 0 spiro atoms. The molecule has 0 atom stereocenters. The maximum atomic E-state index is 12.9. The Balaban J connectivity index is 1.63. The minimum atomic E-state index is -3.65. The quantitative estimate of drug-likeness (QED) is 0.646. The fraction of sp³-hybridized carbons (Fsp3) is 0.409. The molecule has 2 aromatic rings. The van der Waals surface area contributed by atoms with E-state index in [0.29, 0.717) is 30.4 Å². The van der Waals surface area contributed by atoms with Crippen LogP contribution in [0.1, 0.15) is 18.4 Å². The van der Waals surface area contributed by atoms with Crippen molar-refractivity contribution in [2.45, 2.75) is 19.3 Å². The molecule has 0 aliphatic carbocycles. The van der Waals surface area contributed by atoms with Crippen LogP contribution < -0.4 is 9.04 Å². The van der Waals surface area contributed by atoms with E-state index in [2.05, 4.69) is 12.1 Å². The molecule has 0 aromatic heterocycles. The number of hydrogen-bond donors (Lipinski definition) is 0. The van der Waals surface area contributed by atoms with E-state index in [1.165, 1.54) is 18.7 Å². The van der Waals surface area contributed by atoms with Crippen molar-refractivity contribution in [3.05, 3.63) is 59.1 Å². The van der Waals surface area contributed by atoms with Gasteiger partial charge >= 0.3 is 0 Å². The summed E-state index contributed by atoms with van der Waals surface area (Å²) in [6.45, 7) is 1.03. The van der Waals surface area contributed by atoms with Crippen molar-refractivity contribution in [1.82, 2.24) is 4.90 Å². The molecule has 1 amide bonds. The first-order chi connectivity index (χ1) is 14.3. The first kappa shape index (κ1) is 22.4. The molecule has 6 nitrogen and oxygen atoms in total. The lowest BCUT2D eigenvalue weighted by atomic mass is 9.90. The molecule has 0 bridgehead atoms. The lowest BCUT2D eigenvalue weighted by molar-refractivity contribution is -0.130. The number of methoxy groups -OCH3 is 1. The standard InChI is InChI=1S/C22H27ClN2O4S/c1-29-21-9-8-19(15-20(21)23)25(30(2,27)28)16-22(26)24-12-10-18(11-13-24)14-17-6-4-3-5-7-17/h3-9,15,18H,10-14,16H2,1-2H3. The molecule has 162 valence electrons. The van der Waals surface area contributed by atoms with Crippen molar-refractivity contribution < 1.29 is 17.9 Å². The third kappa shape index (κ3) is 5.67. The second-order valence-electron chi connectivity index (χ2n) is 7.60. The number of sulfonamides is 1. The van der Waals surface area contributed by atoms with Crippen molar-refractivity contribution in [3.8, 4) is 5.75 Å². The normalized spacial score (nSPS) is 15.1. The summed E-state index contributed by atoms with van der Waals surface area (Å²) in [4.78, 5) is 14.6. The van der Waals surface area contributed by atoms with Gasteiger partial charge in [0, 0.05) is 13.1 Å².